The molecular weight excluding hydrogens is 564 g/mol. The van der Waals surface area contributed by atoms with Gasteiger partial charge in [-0.25, -0.2) is 0 Å². The van der Waals surface area contributed by atoms with Gasteiger partial charge < -0.3 is 69.3 Å². The third-order valence-corrected chi connectivity index (χ3v) is 7.25. The van der Waals surface area contributed by atoms with Crippen LogP contribution in [0.25, 0.3) is 22.3 Å². The van der Waals surface area contributed by atoms with E-state index in [-0.39, 0.29) is 22.7 Å². The molecule has 10 atom stereocenters. The molecule has 2 saturated heterocycles. The Hall–Kier alpha value is -3.67. The average molecular weight is 595 g/mol. The second-order valence-electron chi connectivity index (χ2n) is 10.2. The Balaban J connectivity index is 1.61. The molecule has 2 aliphatic rings. The first-order chi connectivity index (χ1) is 19.8. The lowest BCUT2D eigenvalue weighted by molar-refractivity contribution is -0.268. The molecule has 3 aromatic rings. The van der Waals surface area contributed by atoms with Crippen molar-refractivity contribution >= 4 is 11.0 Å². The van der Waals surface area contributed by atoms with Gasteiger partial charge in [-0.1, -0.05) is 0 Å². The first kappa shape index (κ1) is 29.8. The van der Waals surface area contributed by atoms with Crippen molar-refractivity contribution < 1.29 is 69.3 Å². The summed E-state index contributed by atoms with van der Waals surface area (Å²) in [5.41, 5.74) is -1.26. The van der Waals surface area contributed by atoms with E-state index in [4.69, 9.17) is 23.4 Å². The van der Waals surface area contributed by atoms with Crippen LogP contribution in [0.2, 0.25) is 0 Å². The highest BCUT2D eigenvalue weighted by atomic mass is 16.7. The molecule has 42 heavy (non-hydrogen) atoms. The van der Waals surface area contributed by atoms with Crippen molar-refractivity contribution in [1.29, 1.82) is 0 Å². The Kier molecular flexibility index (Phi) is 7.95. The molecule has 0 spiro atoms. The predicted molar refractivity (Wildman–Crippen MR) is 139 cm³/mol. The van der Waals surface area contributed by atoms with E-state index in [1.807, 2.05) is 0 Å². The van der Waals surface area contributed by atoms with Crippen molar-refractivity contribution in [2.45, 2.75) is 75.3 Å². The van der Waals surface area contributed by atoms with Crippen LogP contribution >= 0.6 is 0 Å². The van der Waals surface area contributed by atoms with Gasteiger partial charge in [0.15, 0.2) is 17.3 Å². The molecule has 228 valence electrons. The summed E-state index contributed by atoms with van der Waals surface area (Å²) in [4.78, 5) is 13.7. The van der Waals surface area contributed by atoms with Gasteiger partial charge in [0.25, 0.3) is 0 Å². The van der Waals surface area contributed by atoms with Gasteiger partial charge in [0.1, 0.15) is 59.1 Å². The van der Waals surface area contributed by atoms with Gasteiger partial charge in [-0.3, -0.25) is 4.79 Å². The summed E-state index contributed by atoms with van der Waals surface area (Å²) >= 11 is 0. The first-order valence-corrected chi connectivity index (χ1v) is 12.9. The van der Waals surface area contributed by atoms with E-state index >= 15 is 0 Å². The lowest BCUT2D eigenvalue weighted by Gasteiger charge is -2.39. The number of aliphatic hydroxyl groups excluding tert-OH is 6. The number of hydrogen-bond donors (Lipinski definition) is 9. The molecule has 0 aliphatic carbocycles. The lowest BCUT2D eigenvalue weighted by Crippen LogP contribution is -2.58. The van der Waals surface area contributed by atoms with Crippen molar-refractivity contribution in [3.8, 4) is 40.1 Å². The van der Waals surface area contributed by atoms with Crippen LogP contribution in [0.5, 0.6) is 28.7 Å². The number of aromatic hydroxyl groups is 3. The number of rotatable bonds is 5. The maximum Gasteiger partial charge on any atom is 0.239 e. The summed E-state index contributed by atoms with van der Waals surface area (Å²) in [7, 11) is 0. The molecule has 0 radical (unpaired) electrons. The Bertz CT molecular complexity index is 1520. The van der Waals surface area contributed by atoms with Crippen LogP contribution in [-0.2, 0) is 9.47 Å². The quantitative estimate of drug-likeness (QED) is 0.161. The summed E-state index contributed by atoms with van der Waals surface area (Å²) in [5.74, 6) is -2.89. The van der Waals surface area contributed by atoms with Gasteiger partial charge in [-0.15, -0.1) is 0 Å². The largest absolute Gasteiger partial charge is 0.507 e. The van der Waals surface area contributed by atoms with E-state index in [0.717, 1.165) is 24.3 Å². The zero-order chi connectivity index (χ0) is 30.6. The fourth-order valence-corrected chi connectivity index (χ4v) is 4.76. The van der Waals surface area contributed by atoms with Crippen LogP contribution in [0.3, 0.4) is 0 Å². The Morgan fingerprint density at radius 1 is 0.667 bits per heavy atom. The van der Waals surface area contributed by atoms with Gasteiger partial charge in [0, 0.05) is 17.7 Å². The van der Waals surface area contributed by atoms with Gasteiger partial charge in [-0.05, 0) is 32.0 Å². The molecule has 9 N–H and O–H groups in total. The number of aliphatic hydroxyl groups is 6. The van der Waals surface area contributed by atoms with Gasteiger partial charge in [0.2, 0.25) is 23.8 Å². The summed E-state index contributed by atoms with van der Waals surface area (Å²) < 4.78 is 28.0. The van der Waals surface area contributed by atoms with Crippen molar-refractivity contribution in [3.05, 3.63) is 40.6 Å². The third-order valence-electron chi connectivity index (χ3n) is 7.25. The number of fused-ring (bicyclic) bond motifs is 1. The molecule has 15 nitrogen and oxygen atoms in total. The maximum absolute atomic E-state index is 13.7. The number of ether oxygens (including phenoxy) is 4. The van der Waals surface area contributed by atoms with Crippen LogP contribution in [0.1, 0.15) is 13.8 Å². The Morgan fingerprint density at radius 2 is 1.24 bits per heavy atom. The van der Waals surface area contributed by atoms with Crippen LogP contribution in [0, 0.1) is 0 Å². The fraction of sp³-hybridized carbons (Fsp3) is 0.444. The SMILES string of the molecule is C[C@@H]1O[C@@H](Oc2cc(O)c3c(=O)c(O[C@@H]4O[C@H](C)[C@@H](O)[C@@H](O)[C@@H]4O)c(-c4ccc(O)c(O)c4)oc3c2)[C@H](O)[C@@H](O)[C@H]1O. The molecule has 3 heterocycles. The molecule has 0 amide bonds. The van der Waals surface area contributed by atoms with Crippen LogP contribution in [-0.4, -0.2) is 107 Å². The predicted octanol–water partition coefficient (Wildman–Crippen LogP) is -1.01. The summed E-state index contributed by atoms with van der Waals surface area (Å²) in [6.07, 6.45) is -14.7. The van der Waals surface area contributed by atoms with Crippen LogP contribution < -0.4 is 14.9 Å². The summed E-state index contributed by atoms with van der Waals surface area (Å²) in [5, 5.41) is 91.2. The minimum Gasteiger partial charge on any atom is -0.507 e. The van der Waals surface area contributed by atoms with E-state index < -0.39 is 95.2 Å². The highest BCUT2D eigenvalue weighted by Crippen LogP contribution is 2.40. The van der Waals surface area contributed by atoms with Gasteiger partial charge in [-0.2, -0.15) is 0 Å². The molecule has 2 aromatic carbocycles. The average Bonchev–Trinajstić information content (AvgIpc) is 2.94. The molecule has 1 aromatic heterocycles. The highest BCUT2D eigenvalue weighted by Gasteiger charge is 2.45. The van der Waals surface area contributed by atoms with Crippen LogP contribution in [0.4, 0.5) is 0 Å². The first-order valence-electron chi connectivity index (χ1n) is 12.9. The zero-order valence-corrected chi connectivity index (χ0v) is 22.1. The highest BCUT2D eigenvalue weighted by molar-refractivity contribution is 5.88. The minimum atomic E-state index is -1.81. The van der Waals surface area contributed by atoms with Gasteiger partial charge >= 0.3 is 0 Å². The lowest BCUT2D eigenvalue weighted by atomic mass is 10.00. The molecular formula is C27H30O15. The Labute approximate surface area is 236 Å². The Morgan fingerprint density at radius 3 is 1.81 bits per heavy atom. The van der Waals surface area contributed by atoms with Gasteiger partial charge in [0.05, 0.1) is 12.2 Å². The number of phenolic OH excluding ortho intramolecular Hbond substituents is 3. The normalized spacial score (nSPS) is 33.4. The monoisotopic (exact) mass is 594 g/mol. The number of hydrogen-bond acceptors (Lipinski definition) is 15. The molecule has 2 fully saturated rings. The zero-order valence-electron chi connectivity index (χ0n) is 22.1. The minimum absolute atomic E-state index is 0.000938. The fourth-order valence-electron chi connectivity index (χ4n) is 4.76. The van der Waals surface area contributed by atoms with E-state index in [2.05, 4.69) is 0 Å². The van der Waals surface area contributed by atoms with E-state index in [9.17, 15) is 50.8 Å². The second-order valence-corrected chi connectivity index (χ2v) is 10.2. The number of phenols is 3. The van der Waals surface area contributed by atoms with Crippen molar-refractivity contribution in [1.82, 2.24) is 0 Å². The molecule has 0 saturated carbocycles. The van der Waals surface area contributed by atoms with Crippen LogP contribution in [0.15, 0.2) is 39.5 Å². The maximum atomic E-state index is 13.7. The van der Waals surface area contributed by atoms with E-state index in [1.54, 1.807) is 0 Å². The summed E-state index contributed by atoms with van der Waals surface area (Å²) in [6.45, 7) is 2.85. The standard InChI is InChI=1S/C27H30O15/c1-8-17(31)20(34)22(36)26(38-8)40-11-6-14(30)16-15(7-11)41-24(10-3-4-12(28)13(29)5-10)25(19(16)33)42-27-23(37)21(35)18(32)9(2)39-27/h3-9,17-18,20-23,26-32,34-37H,1-2H3/t8-,9+,17-,18+,20-,21+,22+,23-,26-,27-/m0/s1. The van der Waals surface area contributed by atoms with E-state index in [1.165, 1.54) is 19.9 Å². The smallest absolute Gasteiger partial charge is 0.239 e. The molecule has 0 bridgehead atoms. The second kappa shape index (κ2) is 11.2. The van der Waals surface area contributed by atoms with Crippen molar-refractivity contribution in [3.63, 3.8) is 0 Å². The number of benzene rings is 2. The molecule has 5 rings (SSSR count). The van der Waals surface area contributed by atoms with Crippen molar-refractivity contribution in [2.24, 2.45) is 0 Å². The summed E-state index contributed by atoms with van der Waals surface area (Å²) in [6, 6.07) is 5.59. The third kappa shape index (κ3) is 5.21. The van der Waals surface area contributed by atoms with Crippen molar-refractivity contribution in [2.75, 3.05) is 0 Å². The topological polar surface area (TPSA) is 249 Å². The molecule has 2 aliphatic heterocycles. The van der Waals surface area contributed by atoms with E-state index in [0.29, 0.717) is 0 Å². The molecule has 0 unspecified atom stereocenters. The molecule has 15 heteroatoms.